The van der Waals surface area contributed by atoms with Crippen LogP contribution in [-0.2, 0) is 4.79 Å². The summed E-state index contributed by atoms with van der Waals surface area (Å²) in [5.74, 6) is 0. The van der Waals surface area contributed by atoms with Gasteiger partial charge in [0.05, 0.1) is 0 Å². The molecule has 76 valence electrons. The fraction of sp³-hybridized carbons (Fsp3) is 0.900. The summed E-state index contributed by atoms with van der Waals surface area (Å²) in [6.07, 6.45) is 2.05. The van der Waals surface area contributed by atoms with E-state index in [2.05, 4.69) is 25.7 Å². The van der Waals surface area contributed by atoms with E-state index in [1.807, 2.05) is 4.90 Å². The second-order valence-electron chi connectivity index (χ2n) is 3.99. The van der Waals surface area contributed by atoms with Crippen molar-refractivity contribution in [2.24, 2.45) is 0 Å². The van der Waals surface area contributed by atoms with Gasteiger partial charge in [-0.05, 0) is 20.3 Å². The lowest BCUT2D eigenvalue weighted by Gasteiger charge is -2.41. The summed E-state index contributed by atoms with van der Waals surface area (Å²) in [5, 5.41) is 0. The van der Waals surface area contributed by atoms with E-state index in [4.69, 9.17) is 0 Å². The first-order chi connectivity index (χ1) is 6.19. The summed E-state index contributed by atoms with van der Waals surface area (Å²) >= 11 is 0. The topological polar surface area (TPSA) is 23.6 Å². The monoisotopic (exact) mass is 184 g/mol. The lowest BCUT2D eigenvalue weighted by Crippen LogP contribution is -2.54. The maximum absolute atomic E-state index is 10.7. The maximum Gasteiger partial charge on any atom is 0.210 e. The van der Waals surface area contributed by atoms with Crippen LogP contribution in [0.15, 0.2) is 0 Å². The average molecular weight is 184 g/mol. The van der Waals surface area contributed by atoms with Crippen LogP contribution >= 0.6 is 0 Å². The molecule has 1 fully saturated rings. The molecular weight excluding hydrogens is 164 g/mol. The Morgan fingerprint density at radius 1 is 1.46 bits per heavy atom. The number of carbonyl (C=O) groups is 1. The first-order valence-electron chi connectivity index (χ1n) is 5.14. The minimum atomic E-state index is 0.425. The van der Waals surface area contributed by atoms with Crippen LogP contribution in [-0.4, -0.2) is 47.9 Å². The molecule has 1 rings (SSSR count). The molecule has 0 aromatic heterocycles. The smallest absolute Gasteiger partial charge is 0.210 e. The van der Waals surface area contributed by atoms with Crippen LogP contribution in [0.4, 0.5) is 0 Å². The zero-order chi connectivity index (χ0) is 9.84. The van der Waals surface area contributed by atoms with Gasteiger partial charge in [0, 0.05) is 31.7 Å². The third-order valence-corrected chi connectivity index (χ3v) is 2.90. The SMILES string of the molecule is CCC1CN(C(C)C)CCN1C=O. The number of hydrogen-bond acceptors (Lipinski definition) is 2. The van der Waals surface area contributed by atoms with E-state index >= 15 is 0 Å². The second kappa shape index (κ2) is 4.61. The van der Waals surface area contributed by atoms with E-state index in [9.17, 15) is 4.79 Å². The quantitative estimate of drug-likeness (QED) is 0.610. The highest BCUT2D eigenvalue weighted by Gasteiger charge is 2.25. The predicted molar refractivity (Wildman–Crippen MR) is 53.6 cm³/mol. The van der Waals surface area contributed by atoms with Gasteiger partial charge in [-0.25, -0.2) is 0 Å². The van der Waals surface area contributed by atoms with Crippen molar-refractivity contribution in [1.82, 2.24) is 9.80 Å². The molecule has 0 N–H and O–H groups in total. The van der Waals surface area contributed by atoms with Gasteiger partial charge in [-0.2, -0.15) is 0 Å². The van der Waals surface area contributed by atoms with Crippen molar-refractivity contribution < 1.29 is 4.79 Å². The number of rotatable bonds is 3. The van der Waals surface area contributed by atoms with Crippen molar-refractivity contribution in [2.45, 2.75) is 39.3 Å². The molecule has 1 atom stereocenters. The molecule has 3 nitrogen and oxygen atoms in total. The molecule has 0 aliphatic carbocycles. The fourth-order valence-corrected chi connectivity index (χ4v) is 1.86. The molecule has 0 bridgehead atoms. The van der Waals surface area contributed by atoms with E-state index in [0.29, 0.717) is 12.1 Å². The molecule has 1 unspecified atom stereocenters. The Bertz CT molecular complexity index is 170. The van der Waals surface area contributed by atoms with E-state index in [0.717, 1.165) is 32.5 Å². The summed E-state index contributed by atoms with van der Waals surface area (Å²) < 4.78 is 0. The third-order valence-electron chi connectivity index (χ3n) is 2.90. The van der Waals surface area contributed by atoms with Gasteiger partial charge in [0.1, 0.15) is 0 Å². The minimum Gasteiger partial charge on any atom is -0.340 e. The zero-order valence-corrected chi connectivity index (χ0v) is 8.86. The molecular formula is C10H20N2O. The number of hydrogen-bond donors (Lipinski definition) is 0. The summed E-state index contributed by atoms with van der Waals surface area (Å²) in [5.41, 5.74) is 0. The van der Waals surface area contributed by atoms with Gasteiger partial charge in [-0.3, -0.25) is 9.69 Å². The fourth-order valence-electron chi connectivity index (χ4n) is 1.86. The summed E-state index contributed by atoms with van der Waals surface area (Å²) in [6.45, 7) is 9.51. The van der Waals surface area contributed by atoms with Crippen molar-refractivity contribution >= 4 is 6.41 Å². The minimum absolute atomic E-state index is 0.425. The van der Waals surface area contributed by atoms with E-state index in [1.54, 1.807) is 0 Å². The lowest BCUT2D eigenvalue weighted by molar-refractivity contribution is -0.123. The predicted octanol–water partition coefficient (Wildman–Crippen LogP) is 0.947. The Balaban J connectivity index is 2.52. The van der Waals surface area contributed by atoms with Crippen molar-refractivity contribution in [3.8, 4) is 0 Å². The summed E-state index contributed by atoms with van der Waals surface area (Å²) in [7, 11) is 0. The highest BCUT2D eigenvalue weighted by atomic mass is 16.1. The average Bonchev–Trinajstić information content (AvgIpc) is 2.16. The van der Waals surface area contributed by atoms with Crippen LogP contribution in [0.3, 0.4) is 0 Å². The number of piperazine rings is 1. The second-order valence-corrected chi connectivity index (χ2v) is 3.99. The van der Waals surface area contributed by atoms with Crippen LogP contribution in [0, 0.1) is 0 Å². The van der Waals surface area contributed by atoms with Gasteiger partial charge >= 0.3 is 0 Å². The molecule has 0 radical (unpaired) electrons. The Hall–Kier alpha value is -0.570. The largest absolute Gasteiger partial charge is 0.340 e. The van der Waals surface area contributed by atoms with Crippen LogP contribution in [0.5, 0.6) is 0 Å². The highest BCUT2D eigenvalue weighted by molar-refractivity contribution is 5.48. The number of nitrogens with zero attached hydrogens (tertiary/aromatic N) is 2. The van der Waals surface area contributed by atoms with E-state index < -0.39 is 0 Å². The molecule has 1 aliphatic heterocycles. The van der Waals surface area contributed by atoms with Crippen molar-refractivity contribution in [3.63, 3.8) is 0 Å². The van der Waals surface area contributed by atoms with Gasteiger partial charge in [-0.1, -0.05) is 6.92 Å². The first kappa shape index (κ1) is 10.5. The Morgan fingerprint density at radius 3 is 2.62 bits per heavy atom. The van der Waals surface area contributed by atoms with Gasteiger partial charge in [0.2, 0.25) is 6.41 Å². The third kappa shape index (κ3) is 2.44. The molecule has 0 saturated carbocycles. The summed E-state index contributed by atoms with van der Waals surface area (Å²) in [4.78, 5) is 15.1. The van der Waals surface area contributed by atoms with Crippen LogP contribution in [0.25, 0.3) is 0 Å². The molecule has 0 aromatic carbocycles. The van der Waals surface area contributed by atoms with Gasteiger partial charge in [0.25, 0.3) is 0 Å². The van der Waals surface area contributed by atoms with Crippen molar-refractivity contribution in [2.75, 3.05) is 19.6 Å². The molecule has 1 saturated heterocycles. The zero-order valence-electron chi connectivity index (χ0n) is 8.86. The van der Waals surface area contributed by atoms with Gasteiger partial charge < -0.3 is 4.90 Å². The first-order valence-corrected chi connectivity index (χ1v) is 5.14. The Labute approximate surface area is 80.7 Å². The van der Waals surface area contributed by atoms with Crippen molar-refractivity contribution in [1.29, 1.82) is 0 Å². The lowest BCUT2D eigenvalue weighted by atomic mass is 10.1. The van der Waals surface area contributed by atoms with Gasteiger partial charge in [0.15, 0.2) is 0 Å². The van der Waals surface area contributed by atoms with Crippen LogP contribution in [0.1, 0.15) is 27.2 Å². The molecule has 3 heteroatoms. The highest BCUT2D eigenvalue weighted by Crippen LogP contribution is 2.12. The van der Waals surface area contributed by atoms with E-state index in [1.165, 1.54) is 0 Å². The standard InChI is InChI=1S/C10H20N2O/c1-4-10-7-11(9(2)3)5-6-12(10)8-13/h8-10H,4-7H2,1-3H3. The van der Waals surface area contributed by atoms with E-state index in [-0.39, 0.29) is 0 Å². The van der Waals surface area contributed by atoms with Crippen molar-refractivity contribution in [3.05, 3.63) is 0 Å². The van der Waals surface area contributed by atoms with Crippen LogP contribution < -0.4 is 0 Å². The van der Waals surface area contributed by atoms with Crippen LogP contribution in [0.2, 0.25) is 0 Å². The number of amides is 1. The molecule has 1 amide bonds. The molecule has 1 aliphatic rings. The molecule has 1 heterocycles. The molecule has 0 aromatic rings. The summed E-state index contributed by atoms with van der Waals surface area (Å²) in [6, 6.07) is 1.02. The normalized spacial score (nSPS) is 25.2. The Morgan fingerprint density at radius 2 is 2.15 bits per heavy atom. The number of carbonyl (C=O) groups excluding carboxylic acids is 1. The van der Waals surface area contributed by atoms with Gasteiger partial charge in [-0.15, -0.1) is 0 Å². The molecule has 0 spiro atoms. The maximum atomic E-state index is 10.7. The molecule has 13 heavy (non-hydrogen) atoms. The Kier molecular flexibility index (Phi) is 3.72.